The van der Waals surface area contributed by atoms with Crippen LogP contribution >= 0.6 is 24.0 Å². The van der Waals surface area contributed by atoms with E-state index in [1.54, 1.807) is 18.2 Å². The van der Waals surface area contributed by atoms with Gasteiger partial charge in [0.25, 0.3) is 0 Å². The van der Waals surface area contributed by atoms with Gasteiger partial charge in [0.15, 0.2) is 0 Å². The van der Waals surface area contributed by atoms with E-state index in [1.807, 2.05) is 0 Å². The minimum atomic E-state index is -3.57. The van der Waals surface area contributed by atoms with Crippen LogP contribution in [0.2, 0.25) is 5.02 Å². The fraction of sp³-hybridized carbons (Fsp3) is 0.455. The molecule has 0 spiro atoms. The van der Waals surface area contributed by atoms with Crippen LogP contribution in [0.4, 0.5) is 0 Å². The van der Waals surface area contributed by atoms with E-state index in [4.69, 9.17) is 17.3 Å². The minimum absolute atomic E-state index is 0. The number of rotatable bonds is 5. The lowest BCUT2D eigenvalue weighted by molar-refractivity contribution is 0.519. The van der Waals surface area contributed by atoms with Gasteiger partial charge in [-0.2, -0.15) is 0 Å². The summed E-state index contributed by atoms with van der Waals surface area (Å²) >= 11 is 5.88. The van der Waals surface area contributed by atoms with Gasteiger partial charge in [0.2, 0.25) is 10.0 Å². The van der Waals surface area contributed by atoms with E-state index in [-0.39, 0.29) is 28.4 Å². The first-order valence-corrected chi connectivity index (χ1v) is 7.37. The van der Waals surface area contributed by atoms with Gasteiger partial charge in [0, 0.05) is 12.6 Å². The van der Waals surface area contributed by atoms with Crippen LogP contribution in [0.25, 0.3) is 0 Å². The van der Waals surface area contributed by atoms with Crippen LogP contribution in [0.15, 0.2) is 29.2 Å². The fourth-order valence-electron chi connectivity index (χ4n) is 1.76. The van der Waals surface area contributed by atoms with E-state index < -0.39 is 10.0 Å². The lowest BCUT2D eigenvalue weighted by Crippen LogP contribution is -2.41. The Morgan fingerprint density at radius 2 is 2.00 bits per heavy atom. The molecule has 0 bridgehead atoms. The topological polar surface area (TPSA) is 72.2 Å². The third kappa shape index (κ3) is 3.59. The summed E-state index contributed by atoms with van der Waals surface area (Å²) in [7, 11) is -3.57. The summed E-state index contributed by atoms with van der Waals surface area (Å²) in [4.78, 5) is 0.112. The maximum Gasteiger partial charge on any atom is 0.242 e. The predicted octanol–water partition coefficient (Wildman–Crippen LogP) is 1.78. The number of sulfonamides is 1. The van der Waals surface area contributed by atoms with E-state index >= 15 is 0 Å². The molecule has 18 heavy (non-hydrogen) atoms. The molecule has 3 N–H and O–H groups in total. The molecule has 1 aliphatic carbocycles. The molecule has 0 amide bonds. The Labute approximate surface area is 118 Å². The Kier molecular flexibility index (Phi) is 5.43. The van der Waals surface area contributed by atoms with Crippen LogP contribution in [-0.4, -0.2) is 21.0 Å². The highest BCUT2D eigenvalue weighted by Gasteiger charge is 2.33. The normalized spacial score (nSPS) is 17.0. The van der Waals surface area contributed by atoms with Crippen LogP contribution in [0.1, 0.15) is 12.8 Å². The van der Waals surface area contributed by atoms with Gasteiger partial charge in [-0.3, -0.25) is 0 Å². The number of halogens is 2. The van der Waals surface area contributed by atoms with E-state index in [1.165, 1.54) is 6.07 Å². The molecule has 1 atom stereocenters. The third-order valence-corrected chi connectivity index (χ3v) is 4.87. The summed E-state index contributed by atoms with van der Waals surface area (Å²) in [6.07, 6.45) is 2.07. The van der Waals surface area contributed by atoms with Crippen molar-refractivity contribution >= 4 is 34.0 Å². The van der Waals surface area contributed by atoms with Crippen molar-refractivity contribution in [3.63, 3.8) is 0 Å². The molecule has 1 unspecified atom stereocenters. The molecule has 1 fully saturated rings. The van der Waals surface area contributed by atoms with Crippen molar-refractivity contribution in [1.29, 1.82) is 0 Å². The smallest absolute Gasteiger partial charge is 0.242 e. The Morgan fingerprint density at radius 1 is 1.39 bits per heavy atom. The van der Waals surface area contributed by atoms with Crippen LogP contribution in [0.3, 0.4) is 0 Å². The summed E-state index contributed by atoms with van der Waals surface area (Å²) in [6, 6.07) is 6.21. The van der Waals surface area contributed by atoms with Crippen LogP contribution in [0.5, 0.6) is 0 Å². The van der Waals surface area contributed by atoms with Crippen LogP contribution in [0, 0.1) is 5.92 Å². The summed E-state index contributed by atoms with van der Waals surface area (Å²) in [5.74, 6) is 0.372. The Bertz CT molecular complexity index is 504. The molecule has 1 aromatic carbocycles. The summed E-state index contributed by atoms with van der Waals surface area (Å²) < 4.78 is 26.8. The summed E-state index contributed by atoms with van der Waals surface area (Å²) in [6.45, 7) is 0.314. The number of nitrogens with two attached hydrogens (primary N) is 1. The van der Waals surface area contributed by atoms with Crippen molar-refractivity contribution in [3.8, 4) is 0 Å². The first-order chi connectivity index (χ1) is 8.04. The molecule has 0 heterocycles. The highest BCUT2D eigenvalue weighted by atomic mass is 35.5. The molecule has 0 radical (unpaired) electrons. The van der Waals surface area contributed by atoms with Gasteiger partial charge in [0.05, 0.1) is 5.02 Å². The predicted molar refractivity (Wildman–Crippen MR) is 74.6 cm³/mol. The molecular weight excluding hydrogens is 295 g/mol. The van der Waals surface area contributed by atoms with Gasteiger partial charge in [-0.1, -0.05) is 23.7 Å². The van der Waals surface area contributed by atoms with Gasteiger partial charge < -0.3 is 5.73 Å². The summed E-state index contributed by atoms with van der Waals surface area (Å²) in [5.41, 5.74) is 5.58. The highest BCUT2D eigenvalue weighted by molar-refractivity contribution is 7.89. The molecule has 2 rings (SSSR count). The Hall–Kier alpha value is -0.330. The van der Waals surface area contributed by atoms with Crippen molar-refractivity contribution in [2.24, 2.45) is 11.7 Å². The fourth-order valence-corrected chi connectivity index (χ4v) is 3.60. The average Bonchev–Trinajstić information content (AvgIpc) is 3.10. The quantitative estimate of drug-likeness (QED) is 0.870. The maximum absolute atomic E-state index is 12.1. The molecule has 0 saturated heterocycles. The van der Waals surface area contributed by atoms with Crippen molar-refractivity contribution in [1.82, 2.24) is 4.72 Å². The second-order valence-corrected chi connectivity index (χ2v) is 6.32. The Morgan fingerprint density at radius 3 is 2.50 bits per heavy atom. The zero-order chi connectivity index (χ0) is 12.5. The molecule has 4 nitrogen and oxygen atoms in total. The van der Waals surface area contributed by atoms with Crippen molar-refractivity contribution in [3.05, 3.63) is 29.3 Å². The molecule has 1 saturated carbocycles. The molecule has 0 aromatic heterocycles. The number of nitrogens with one attached hydrogen (secondary N) is 1. The number of hydrogen-bond donors (Lipinski definition) is 2. The van der Waals surface area contributed by atoms with Gasteiger partial charge in [0.1, 0.15) is 4.90 Å². The lowest BCUT2D eigenvalue weighted by atomic mass is 10.2. The summed E-state index contributed by atoms with van der Waals surface area (Å²) in [5, 5.41) is 0.228. The highest BCUT2D eigenvalue weighted by Crippen LogP contribution is 2.33. The van der Waals surface area contributed by atoms with E-state index in [0.717, 1.165) is 12.8 Å². The van der Waals surface area contributed by atoms with Gasteiger partial charge >= 0.3 is 0 Å². The third-order valence-electron chi connectivity index (χ3n) is 2.88. The largest absolute Gasteiger partial charge is 0.329 e. The van der Waals surface area contributed by atoms with Crippen LogP contribution in [-0.2, 0) is 10.0 Å². The maximum atomic E-state index is 12.1. The van der Waals surface area contributed by atoms with Gasteiger partial charge in [-0.25, -0.2) is 13.1 Å². The average molecular weight is 311 g/mol. The molecule has 1 aliphatic rings. The van der Waals surface area contributed by atoms with E-state index in [9.17, 15) is 8.42 Å². The molecular formula is C11H16Cl2N2O2S. The van der Waals surface area contributed by atoms with Gasteiger partial charge in [-0.05, 0) is 30.9 Å². The SMILES string of the molecule is Cl.NCC(NS(=O)(=O)c1ccccc1Cl)C1CC1. The van der Waals surface area contributed by atoms with Crippen LogP contribution < -0.4 is 10.5 Å². The number of hydrogen-bond acceptors (Lipinski definition) is 3. The molecule has 102 valence electrons. The first-order valence-electron chi connectivity index (χ1n) is 5.51. The molecule has 0 aliphatic heterocycles. The Balaban J connectivity index is 0.00000162. The van der Waals surface area contributed by atoms with Gasteiger partial charge in [-0.15, -0.1) is 12.4 Å². The second-order valence-electron chi connectivity index (χ2n) is 4.23. The molecule has 1 aromatic rings. The lowest BCUT2D eigenvalue weighted by Gasteiger charge is -2.16. The van der Waals surface area contributed by atoms with Crippen molar-refractivity contribution in [2.75, 3.05) is 6.54 Å². The monoisotopic (exact) mass is 310 g/mol. The second kappa shape index (κ2) is 6.21. The van der Waals surface area contributed by atoms with Crippen molar-refractivity contribution < 1.29 is 8.42 Å². The standard InChI is InChI=1S/C11H15ClN2O2S.ClH/c12-9-3-1-2-4-11(9)17(15,16)14-10(7-13)8-5-6-8;/h1-4,8,10,14H,5-7,13H2;1H. The first kappa shape index (κ1) is 15.7. The van der Waals surface area contributed by atoms with E-state index in [0.29, 0.717) is 12.5 Å². The zero-order valence-electron chi connectivity index (χ0n) is 9.67. The van der Waals surface area contributed by atoms with Crippen molar-refractivity contribution in [2.45, 2.75) is 23.8 Å². The minimum Gasteiger partial charge on any atom is -0.329 e. The zero-order valence-corrected chi connectivity index (χ0v) is 12.1. The number of benzene rings is 1. The van der Waals surface area contributed by atoms with E-state index in [2.05, 4.69) is 4.72 Å². The molecule has 7 heteroatoms.